The number of carbonyl (C=O) groups excluding carboxylic acids is 1. The van der Waals surface area contributed by atoms with Crippen molar-refractivity contribution < 1.29 is 9.53 Å². The van der Waals surface area contributed by atoms with Gasteiger partial charge in [0.05, 0.1) is 12.5 Å². The molecule has 1 aliphatic carbocycles. The highest BCUT2D eigenvalue weighted by Gasteiger charge is 2.28. The van der Waals surface area contributed by atoms with E-state index in [1.54, 1.807) is 0 Å². The highest BCUT2D eigenvalue weighted by Crippen LogP contribution is 2.26. The van der Waals surface area contributed by atoms with Gasteiger partial charge in [-0.15, -0.1) is 0 Å². The van der Waals surface area contributed by atoms with E-state index in [9.17, 15) is 4.79 Å². The Kier molecular flexibility index (Phi) is 7.33. The third-order valence-electron chi connectivity index (χ3n) is 3.90. The first-order chi connectivity index (χ1) is 8.71. The molecule has 0 bridgehead atoms. The second kappa shape index (κ2) is 8.52. The van der Waals surface area contributed by atoms with E-state index >= 15 is 0 Å². The van der Waals surface area contributed by atoms with Crippen LogP contribution in [-0.4, -0.2) is 24.7 Å². The van der Waals surface area contributed by atoms with E-state index in [1.807, 2.05) is 6.92 Å². The van der Waals surface area contributed by atoms with Crippen LogP contribution in [0.15, 0.2) is 0 Å². The van der Waals surface area contributed by atoms with Crippen LogP contribution in [0.2, 0.25) is 0 Å². The summed E-state index contributed by atoms with van der Waals surface area (Å²) in [4.78, 5) is 11.8. The molecule has 3 unspecified atom stereocenters. The zero-order valence-electron chi connectivity index (χ0n) is 12.2. The van der Waals surface area contributed by atoms with Gasteiger partial charge < -0.3 is 10.1 Å². The molecule has 1 N–H and O–H groups in total. The average Bonchev–Trinajstić information content (AvgIpc) is 2.39. The van der Waals surface area contributed by atoms with E-state index in [-0.39, 0.29) is 11.9 Å². The van der Waals surface area contributed by atoms with E-state index in [4.69, 9.17) is 4.74 Å². The number of rotatable bonds is 7. The van der Waals surface area contributed by atoms with Gasteiger partial charge in [-0.25, -0.2) is 0 Å². The molecule has 3 atom stereocenters. The molecule has 0 aromatic heterocycles. The Morgan fingerprint density at radius 3 is 2.72 bits per heavy atom. The van der Waals surface area contributed by atoms with E-state index in [0.29, 0.717) is 18.7 Å². The van der Waals surface area contributed by atoms with E-state index < -0.39 is 0 Å². The van der Waals surface area contributed by atoms with Crippen molar-refractivity contribution in [3.8, 4) is 0 Å². The van der Waals surface area contributed by atoms with Crippen LogP contribution in [0.25, 0.3) is 0 Å². The molecule has 0 heterocycles. The Hall–Kier alpha value is -0.570. The summed E-state index contributed by atoms with van der Waals surface area (Å²) in [6.45, 7) is 6.84. The highest BCUT2D eigenvalue weighted by molar-refractivity contribution is 5.72. The lowest BCUT2D eigenvalue weighted by atomic mass is 9.85. The molecule has 0 aliphatic heterocycles. The standard InChI is InChI=1S/C15H29NO2/c1-4-8-13(5-2)16-14-10-7-9-12(11-14)15(17)18-6-3/h12-14,16H,4-11H2,1-3H3. The molecule has 0 aromatic rings. The number of hydrogen-bond acceptors (Lipinski definition) is 3. The molecular formula is C15H29NO2. The highest BCUT2D eigenvalue weighted by atomic mass is 16.5. The average molecular weight is 255 g/mol. The van der Waals surface area contributed by atoms with E-state index in [0.717, 1.165) is 19.3 Å². The van der Waals surface area contributed by atoms with Crippen molar-refractivity contribution in [2.24, 2.45) is 5.92 Å². The third kappa shape index (κ3) is 4.97. The number of ether oxygens (including phenoxy) is 1. The first-order valence-electron chi connectivity index (χ1n) is 7.63. The van der Waals surface area contributed by atoms with Crippen molar-refractivity contribution in [3.05, 3.63) is 0 Å². The van der Waals surface area contributed by atoms with Crippen LogP contribution < -0.4 is 5.32 Å². The Labute approximate surface area is 112 Å². The molecule has 3 heteroatoms. The lowest BCUT2D eigenvalue weighted by molar-refractivity contribution is -0.149. The van der Waals surface area contributed by atoms with Crippen LogP contribution in [-0.2, 0) is 9.53 Å². The summed E-state index contributed by atoms with van der Waals surface area (Å²) in [5.74, 6) is 0.128. The van der Waals surface area contributed by atoms with E-state index in [1.165, 1.54) is 25.7 Å². The molecule has 0 spiro atoms. The number of esters is 1. The molecular weight excluding hydrogens is 226 g/mol. The maximum absolute atomic E-state index is 11.8. The van der Waals surface area contributed by atoms with Crippen LogP contribution in [0.3, 0.4) is 0 Å². The van der Waals surface area contributed by atoms with Crippen LogP contribution >= 0.6 is 0 Å². The Morgan fingerprint density at radius 2 is 2.11 bits per heavy atom. The maximum atomic E-state index is 11.8. The predicted molar refractivity (Wildman–Crippen MR) is 74.5 cm³/mol. The van der Waals surface area contributed by atoms with Gasteiger partial charge in [-0.2, -0.15) is 0 Å². The maximum Gasteiger partial charge on any atom is 0.308 e. The topological polar surface area (TPSA) is 38.3 Å². The summed E-state index contributed by atoms with van der Waals surface area (Å²) in [6.07, 6.45) is 7.94. The fourth-order valence-electron chi connectivity index (χ4n) is 2.90. The van der Waals surface area contributed by atoms with Crippen LogP contribution in [0.4, 0.5) is 0 Å². The Morgan fingerprint density at radius 1 is 1.33 bits per heavy atom. The Bertz CT molecular complexity index is 243. The van der Waals surface area contributed by atoms with Crippen LogP contribution in [0.1, 0.15) is 65.7 Å². The van der Waals surface area contributed by atoms with Crippen LogP contribution in [0.5, 0.6) is 0 Å². The van der Waals surface area contributed by atoms with E-state index in [2.05, 4.69) is 19.2 Å². The fourth-order valence-corrected chi connectivity index (χ4v) is 2.90. The molecule has 1 fully saturated rings. The molecule has 0 saturated heterocycles. The third-order valence-corrected chi connectivity index (χ3v) is 3.90. The van der Waals surface area contributed by atoms with Gasteiger partial charge in [0.15, 0.2) is 0 Å². The van der Waals surface area contributed by atoms with Gasteiger partial charge in [-0.05, 0) is 39.0 Å². The van der Waals surface area contributed by atoms with Crippen molar-refractivity contribution in [2.75, 3.05) is 6.61 Å². The fraction of sp³-hybridized carbons (Fsp3) is 0.933. The summed E-state index contributed by atoms with van der Waals surface area (Å²) < 4.78 is 5.14. The second-order valence-electron chi connectivity index (χ2n) is 5.37. The Balaban J connectivity index is 2.40. The normalized spacial score (nSPS) is 25.7. The molecule has 106 valence electrons. The minimum atomic E-state index is 0.00698. The molecule has 1 aliphatic rings. The zero-order chi connectivity index (χ0) is 13.4. The summed E-state index contributed by atoms with van der Waals surface area (Å²) in [6, 6.07) is 1.12. The summed E-state index contributed by atoms with van der Waals surface area (Å²) in [7, 11) is 0. The molecule has 1 rings (SSSR count). The first kappa shape index (κ1) is 15.5. The van der Waals surface area contributed by atoms with Gasteiger partial charge in [0, 0.05) is 12.1 Å². The first-order valence-corrected chi connectivity index (χ1v) is 7.63. The lowest BCUT2D eigenvalue weighted by Crippen LogP contribution is -2.42. The molecule has 3 nitrogen and oxygen atoms in total. The summed E-state index contributed by atoms with van der Waals surface area (Å²) in [5.41, 5.74) is 0. The number of carbonyl (C=O) groups is 1. The lowest BCUT2D eigenvalue weighted by Gasteiger charge is -2.31. The molecule has 0 radical (unpaired) electrons. The minimum Gasteiger partial charge on any atom is -0.466 e. The number of nitrogens with one attached hydrogen (secondary N) is 1. The molecule has 1 saturated carbocycles. The minimum absolute atomic E-state index is 0.00698. The van der Waals surface area contributed by atoms with Gasteiger partial charge in [-0.3, -0.25) is 4.79 Å². The second-order valence-corrected chi connectivity index (χ2v) is 5.37. The van der Waals surface area contributed by atoms with Crippen molar-refractivity contribution in [2.45, 2.75) is 77.8 Å². The SMILES string of the molecule is CCCC(CC)NC1CCCC(C(=O)OCC)C1. The van der Waals surface area contributed by atoms with Crippen molar-refractivity contribution in [3.63, 3.8) is 0 Å². The number of hydrogen-bond donors (Lipinski definition) is 1. The largest absolute Gasteiger partial charge is 0.466 e. The van der Waals surface area contributed by atoms with Crippen molar-refractivity contribution in [1.82, 2.24) is 5.32 Å². The van der Waals surface area contributed by atoms with Gasteiger partial charge >= 0.3 is 5.97 Å². The van der Waals surface area contributed by atoms with Gasteiger partial charge in [-0.1, -0.05) is 26.7 Å². The quantitative estimate of drug-likeness (QED) is 0.710. The monoisotopic (exact) mass is 255 g/mol. The molecule has 0 amide bonds. The zero-order valence-corrected chi connectivity index (χ0v) is 12.2. The van der Waals surface area contributed by atoms with Gasteiger partial charge in [0.1, 0.15) is 0 Å². The van der Waals surface area contributed by atoms with Crippen molar-refractivity contribution in [1.29, 1.82) is 0 Å². The molecule has 18 heavy (non-hydrogen) atoms. The van der Waals surface area contributed by atoms with Crippen LogP contribution in [0, 0.1) is 5.92 Å². The summed E-state index contributed by atoms with van der Waals surface area (Å²) in [5, 5.41) is 3.73. The molecule has 0 aromatic carbocycles. The smallest absolute Gasteiger partial charge is 0.308 e. The van der Waals surface area contributed by atoms with Gasteiger partial charge in [0.2, 0.25) is 0 Å². The van der Waals surface area contributed by atoms with Crippen molar-refractivity contribution >= 4 is 5.97 Å². The predicted octanol–water partition coefficient (Wildman–Crippen LogP) is 3.28. The van der Waals surface area contributed by atoms with Gasteiger partial charge in [0.25, 0.3) is 0 Å². The summed E-state index contributed by atoms with van der Waals surface area (Å²) >= 11 is 0.